The van der Waals surface area contributed by atoms with Gasteiger partial charge in [-0.1, -0.05) is 6.07 Å². The Kier molecular flexibility index (Phi) is 7.64. The van der Waals surface area contributed by atoms with Crippen molar-refractivity contribution in [3.8, 4) is 29.1 Å². The first-order chi connectivity index (χ1) is 17.5. The lowest BCUT2D eigenvalue weighted by molar-refractivity contribution is -0.125. The molecule has 1 amide bonds. The third kappa shape index (κ3) is 4.93. The van der Waals surface area contributed by atoms with Gasteiger partial charge in [-0.2, -0.15) is 5.26 Å². The van der Waals surface area contributed by atoms with Crippen LogP contribution in [0.5, 0.6) is 23.0 Å². The van der Waals surface area contributed by atoms with Crippen molar-refractivity contribution >= 4 is 22.5 Å². The van der Waals surface area contributed by atoms with Crippen LogP contribution in [0.15, 0.2) is 36.5 Å². The third-order valence-corrected chi connectivity index (χ3v) is 6.56. The number of ether oxygens (including phenoxy) is 4. The number of piperidine rings is 1. The fourth-order valence-corrected chi connectivity index (χ4v) is 4.62. The van der Waals surface area contributed by atoms with Gasteiger partial charge in [0.1, 0.15) is 6.07 Å². The van der Waals surface area contributed by atoms with Crippen LogP contribution in [0.4, 0.5) is 5.69 Å². The number of anilines is 1. The van der Waals surface area contributed by atoms with Gasteiger partial charge in [0.15, 0.2) is 23.0 Å². The van der Waals surface area contributed by atoms with Gasteiger partial charge in [0.05, 0.1) is 45.2 Å². The Labute approximate surface area is 210 Å². The molecule has 1 aliphatic rings. The number of fused-ring (bicyclic) bond motifs is 1. The Morgan fingerprint density at radius 1 is 1.00 bits per heavy atom. The van der Waals surface area contributed by atoms with Gasteiger partial charge >= 0.3 is 0 Å². The van der Waals surface area contributed by atoms with E-state index in [0.29, 0.717) is 61.0 Å². The summed E-state index contributed by atoms with van der Waals surface area (Å²) in [5, 5.41) is 13.6. The summed E-state index contributed by atoms with van der Waals surface area (Å²) in [6.45, 7) is 1.71. The molecule has 0 spiro atoms. The minimum atomic E-state index is -0.102. The molecular weight excluding hydrogens is 460 g/mol. The molecule has 0 radical (unpaired) electrons. The Hall–Kier alpha value is -4.19. The molecule has 9 nitrogen and oxygen atoms in total. The van der Waals surface area contributed by atoms with Crippen molar-refractivity contribution in [2.75, 3.05) is 46.4 Å². The van der Waals surface area contributed by atoms with Crippen LogP contribution >= 0.6 is 0 Å². The van der Waals surface area contributed by atoms with Gasteiger partial charge in [-0.05, 0) is 36.6 Å². The molecule has 0 saturated carbocycles. The van der Waals surface area contributed by atoms with Crippen LogP contribution in [0.25, 0.3) is 10.9 Å². The van der Waals surface area contributed by atoms with Gasteiger partial charge in [-0.25, -0.2) is 0 Å². The van der Waals surface area contributed by atoms with Crippen LogP contribution in [0, 0.1) is 17.2 Å². The zero-order valence-electron chi connectivity index (χ0n) is 21.0. The smallest absolute Gasteiger partial charge is 0.223 e. The van der Waals surface area contributed by atoms with Gasteiger partial charge in [-0.15, -0.1) is 0 Å². The molecule has 0 atom stereocenters. The normalized spacial score (nSPS) is 13.7. The van der Waals surface area contributed by atoms with E-state index in [-0.39, 0.29) is 11.8 Å². The van der Waals surface area contributed by atoms with Crippen LogP contribution in [0.1, 0.15) is 24.0 Å². The Balaban J connectivity index is 1.46. The number of methoxy groups -OCH3 is 4. The van der Waals surface area contributed by atoms with E-state index < -0.39 is 0 Å². The van der Waals surface area contributed by atoms with E-state index in [9.17, 15) is 10.1 Å². The van der Waals surface area contributed by atoms with Crippen LogP contribution in [-0.2, 0) is 11.3 Å². The van der Waals surface area contributed by atoms with Gasteiger partial charge in [0.2, 0.25) is 5.91 Å². The van der Waals surface area contributed by atoms with E-state index in [2.05, 4.69) is 21.3 Å². The number of nitriles is 1. The van der Waals surface area contributed by atoms with E-state index in [1.165, 1.54) is 0 Å². The number of pyridine rings is 1. The van der Waals surface area contributed by atoms with Crippen molar-refractivity contribution in [1.29, 1.82) is 5.26 Å². The van der Waals surface area contributed by atoms with E-state index >= 15 is 0 Å². The number of nitrogens with one attached hydrogen (secondary N) is 1. The molecule has 0 unspecified atom stereocenters. The van der Waals surface area contributed by atoms with E-state index in [1.807, 2.05) is 30.3 Å². The van der Waals surface area contributed by atoms with E-state index in [1.54, 1.807) is 34.6 Å². The topological polar surface area (TPSA) is 106 Å². The molecule has 0 aliphatic carbocycles. The fraction of sp³-hybridized carbons (Fsp3) is 0.370. The molecule has 1 saturated heterocycles. The summed E-state index contributed by atoms with van der Waals surface area (Å²) in [4.78, 5) is 19.5. The van der Waals surface area contributed by atoms with Crippen LogP contribution < -0.4 is 29.2 Å². The molecule has 3 aromatic rings. The molecule has 188 valence electrons. The number of hydrogen-bond donors (Lipinski definition) is 1. The largest absolute Gasteiger partial charge is 0.493 e. The van der Waals surface area contributed by atoms with Crippen molar-refractivity contribution in [3.05, 3.63) is 47.7 Å². The quantitative estimate of drug-likeness (QED) is 0.510. The average Bonchev–Trinajstić information content (AvgIpc) is 2.94. The number of rotatable bonds is 8. The third-order valence-electron chi connectivity index (χ3n) is 6.56. The summed E-state index contributed by atoms with van der Waals surface area (Å²) in [5.41, 5.74) is 2.96. The first-order valence-electron chi connectivity index (χ1n) is 11.7. The number of carbonyl (C=O) groups excluding carboxylic acids is 1. The van der Waals surface area contributed by atoms with Crippen molar-refractivity contribution < 1.29 is 23.7 Å². The predicted octanol–water partition coefficient (Wildman–Crippen LogP) is 3.67. The molecule has 0 bridgehead atoms. The Morgan fingerprint density at radius 2 is 1.64 bits per heavy atom. The molecule has 2 heterocycles. The molecular formula is C27H30N4O5. The highest BCUT2D eigenvalue weighted by Gasteiger charge is 2.27. The summed E-state index contributed by atoms with van der Waals surface area (Å²) in [7, 11) is 6.34. The van der Waals surface area contributed by atoms with Crippen LogP contribution in [-0.4, -0.2) is 52.4 Å². The minimum Gasteiger partial charge on any atom is -0.493 e. The minimum absolute atomic E-state index is 0.0240. The van der Waals surface area contributed by atoms with Gasteiger partial charge < -0.3 is 29.2 Å². The Bertz CT molecular complexity index is 1300. The van der Waals surface area contributed by atoms with Gasteiger partial charge in [0.25, 0.3) is 0 Å². The summed E-state index contributed by atoms with van der Waals surface area (Å²) < 4.78 is 21.5. The first kappa shape index (κ1) is 24.9. The van der Waals surface area contributed by atoms with Crippen molar-refractivity contribution in [3.63, 3.8) is 0 Å². The lowest BCUT2D eigenvalue weighted by atomic mass is 9.94. The molecule has 9 heteroatoms. The predicted molar refractivity (Wildman–Crippen MR) is 136 cm³/mol. The molecule has 2 aromatic carbocycles. The van der Waals surface area contributed by atoms with Crippen LogP contribution in [0.2, 0.25) is 0 Å². The first-order valence-corrected chi connectivity index (χ1v) is 11.7. The monoisotopic (exact) mass is 490 g/mol. The van der Waals surface area contributed by atoms with Gasteiger partial charge in [0, 0.05) is 43.2 Å². The second-order valence-electron chi connectivity index (χ2n) is 8.53. The summed E-state index contributed by atoms with van der Waals surface area (Å²) in [6.07, 6.45) is 2.95. The zero-order chi connectivity index (χ0) is 25.7. The highest BCUT2D eigenvalue weighted by molar-refractivity contribution is 5.96. The zero-order valence-corrected chi connectivity index (χ0v) is 21.0. The summed E-state index contributed by atoms with van der Waals surface area (Å²) in [5.74, 6) is 2.36. The van der Waals surface area contributed by atoms with E-state index in [0.717, 1.165) is 22.2 Å². The highest BCUT2D eigenvalue weighted by atomic mass is 16.5. The van der Waals surface area contributed by atoms with Crippen molar-refractivity contribution in [2.45, 2.75) is 19.4 Å². The number of aromatic nitrogens is 1. The summed E-state index contributed by atoms with van der Waals surface area (Å²) in [6, 6.07) is 11.5. The molecule has 1 fully saturated rings. The standard InChI is InChI=1S/C27H30N4O5/c1-33-22-6-5-17(11-23(22)34-2)15-30-27(32)18-7-9-31(10-8-18)26-19(14-28)16-29-21-13-25(36-4)24(35-3)12-20(21)26/h5-6,11-13,16,18H,7-10,15H2,1-4H3,(H,30,32). The Morgan fingerprint density at radius 3 is 2.28 bits per heavy atom. The highest BCUT2D eigenvalue weighted by Crippen LogP contribution is 2.38. The molecule has 1 aromatic heterocycles. The lowest BCUT2D eigenvalue weighted by Gasteiger charge is -2.34. The average molecular weight is 491 g/mol. The fourth-order valence-electron chi connectivity index (χ4n) is 4.62. The summed E-state index contributed by atoms with van der Waals surface area (Å²) >= 11 is 0. The SMILES string of the molecule is COc1ccc(CNC(=O)C2CCN(c3c(C#N)cnc4cc(OC)c(OC)cc34)CC2)cc1OC. The van der Waals surface area contributed by atoms with Gasteiger partial charge in [-0.3, -0.25) is 9.78 Å². The number of carbonyl (C=O) groups is 1. The van der Waals surface area contributed by atoms with E-state index in [4.69, 9.17) is 18.9 Å². The molecule has 36 heavy (non-hydrogen) atoms. The number of nitrogens with zero attached hydrogens (tertiary/aromatic N) is 3. The number of benzene rings is 2. The molecule has 1 aliphatic heterocycles. The second kappa shape index (κ2) is 11.0. The maximum atomic E-state index is 12.9. The van der Waals surface area contributed by atoms with Crippen molar-refractivity contribution in [2.24, 2.45) is 5.92 Å². The molecule has 1 N–H and O–H groups in total. The second-order valence-corrected chi connectivity index (χ2v) is 8.53. The van der Waals surface area contributed by atoms with Crippen LogP contribution in [0.3, 0.4) is 0 Å². The number of hydrogen-bond acceptors (Lipinski definition) is 8. The maximum Gasteiger partial charge on any atom is 0.223 e. The molecule has 4 rings (SSSR count). The lowest BCUT2D eigenvalue weighted by Crippen LogP contribution is -2.40. The van der Waals surface area contributed by atoms with Crippen molar-refractivity contribution in [1.82, 2.24) is 10.3 Å². The number of amides is 1. The maximum absolute atomic E-state index is 12.9.